The van der Waals surface area contributed by atoms with Crippen LogP contribution in [0.5, 0.6) is 17.2 Å². The maximum atomic E-state index is 13.0. The molecule has 0 aromatic heterocycles. The van der Waals surface area contributed by atoms with Gasteiger partial charge in [0.25, 0.3) is 5.91 Å². The largest absolute Gasteiger partial charge is 0.494 e. The van der Waals surface area contributed by atoms with Gasteiger partial charge in [-0.1, -0.05) is 51.5 Å². The highest BCUT2D eigenvalue weighted by Crippen LogP contribution is 2.30. The van der Waals surface area contributed by atoms with E-state index in [-0.39, 0.29) is 23.9 Å². The Kier molecular flexibility index (Phi) is 13.5. The first kappa shape index (κ1) is 34.5. The van der Waals surface area contributed by atoms with Crippen molar-refractivity contribution in [3.8, 4) is 17.2 Å². The number of methoxy groups -OCH3 is 1. The lowest BCUT2D eigenvalue weighted by Gasteiger charge is -2.18. The molecule has 46 heavy (non-hydrogen) atoms. The highest BCUT2D eigenvalue weighted by Gasteiger charge is 2.21. The molecule has 3 aromatic rings. The van der Waals surface area contributed by atoms with Gasteiger partial charge in [0.15, 0.2) is 17.3 Å². The molecule has 1 aliphatic carbocycles. The van der Waals surface area contributed by atoms with Gasteiger partial charge in [-0.25, -0.2) is 4.79 Å². The number of carbonyl (C=O) groups is 3. The number of carbonyl (C=O) groups excluding carboxylic acids is 3. The zero-order chi connectivity index (χ0) is 32.7. The number of anilines is 1. The van der Waals surface area contributed by atoms with Gasteiger partial charge in [-0.05, 0) is 105 Å². The second-order valence-corrected chi connectivity index (χ2v) is 12.1. The van der Waals surface area contributed by atoms with Crippen molar-refractivity contribution in [1.29, 1.82) is 0 Å². The van der Waals surface area contributed by atoms with E-state index in [2.05, 4.69) is 17.6 Å². The van der Waals surface area contributed by atoms with Gasteiger partial charge in [-0.15, -0.1) is 0 Å². The van der Waals surface area contributed by atoms with Gasteiger partial charge in [0.05, 0.1) is 25.3 Å². The Morgan fingerprint density at radius 2 is 1.54 bits per heavy atom. The van der Waals surface area contributed by atoms with E-state index in [0.29, 0.717) is 35.2 Å². The van der Waals surface area contributed by atoms with Crippen LogP contribution < -0.4 is 24.8 Å². The van der Waals surface area contributed by atoms with Gasteiger partial charge in [-0.2, -0.15) is 0 Å². The molecule has 0 saturated heterocycles. The number of amides is 1. The van der Waals surface area contributed by atoms with E-state index in [4.69, 9.17) is 14.2 Å². The molecule has 1 saturated carbocycles. The van der Waals surface area contributed by atoms with Crippen molar-refractivity contribution in [1.82, 2.24) is 5.32 Å². The molecule has 0 spiro atoms. The second-order valence-electron chi connectivity index (χ2n) is 12.1. The summed E-state index contributed by atoms with van der Waals surface area (Å²) in [5.74, 6) is 1.03. The van der Waals surface area contributed by atoms with Crippen LogP contribution in [0.1, 0.15) is 97.9 Å². The molecule has 8 heteroatoms. The first-order chi connectivity index (χ1) is 22.4. The molecule has 3 aromatic carbocycles. The lowest BCUT2D eigenvalue weighted by molar-refractivity contribution is -0.118. The molecular formula is C38H48N2O6. The predicted molar refractivity (Wildman–Crippen MR) is 181 cm³/mol. The van der Waals surface area contributed by atoms with Crippen LogP contribution in [0.15, 0.2) is 66.7 Å². The van der Waals surface area contributed by atoms with Crippen molar-refractivity contribution < 1.29 is 28.6 Å². The fraction of sp³-hybridized carbons (Fsp3) is 0.447. The summed E-state index contributed by atoms with van der Waals surface area (Å²) in [4.78, 5) is 38.4. The predicted octanol–water partition coefficient (Wildman–Crippen LogP) is 7.80. The van der Waals surface area contributed by atoms with Gasteiger partial charge >= 0.3 is 5.97 Å². The molecule has 8 nitrogen and oxygen atoms in total. The number of Topliss-reactive ketones (excluding diaryl/α,β-unsaturated/α-hetero) is 1. The number of hydrogen-bond acceptors (Lipinski definition) is 7. The van der Waals surface area contributed by atoms with Crippen LogP contribution in [0.3, 0.4) is 0 Å². The van der Waals surface area contributed by atoms with Crippen LogP contribution >= 0.6 is 0 Å². The molecule has 0 heterocycles. The fourth-order valence-electron chi connectivity index (χ4n) is 5.65. The number of ketones is 1. The molecule has 1 unspecified atom stereocenters. The van der Waals surface area contributed by atoms with E-state index in [1.54, 1.807) is 54.6 Å². The van der Waals surface area contributed by atoms with Crippen molar-refractivity contribution in [3.05, 3.63) is 83.4 Å². The summed E-state index contributed by atoms with van der Waals surface area (Å²) in [6, 6.07) is 18.6. The standard InChI is InChI=1S/C38H48N2O6/c1-4-5-6-7-10-23-45-33-20-16-31(17-21-33)38(43)46-35-22-13-29(25-36(35)44-3)24-34(27(2)41)40-37(42)30-14-18-32(19-15-30)39-26-28-11-8-9-12-28/h13-22,25,28,34,39H,4-12,23-24,26H2,1-3H3,(H,40,42). The minimum absolute atomic E-state index is 0.165. The average Bonchev–Trinajstić information content (AvgIpc) is 3.60. The Morgan fingerprint density at radius 1 is 0.848 bits per heavy atom. The minimum atomic E-state index is -0.733. The van der Waals surface area contributed by atoms with Gasteiger partial charge < -0.3 is 24.8 Å². The van der Waals surface area contributed by atoms with Gasteiger partial charge in [0, 0.05) is 17.8 Å². The summed E-state index contributed by atoms with van der Waals surface area (Å²) in [5.41, 5.74) is 2.60. The van der Waals surface area contributed by atoms with Crippen molar-refractivity contribution in [2.24, 2.45) is 5.92 Å². The molecule has 0 bridgehead atoms. The summed E-state index contributed by atoms with van der Waals surface area (Å²) < 4.78 is 16.9. The Hall–Kier alpha value is -4.33. The first-order valence-electron chi connectivity index (χ1n) is 16.6. The number of unbranched alkanes of at least 4 members (excludes halogenated alkanes) is 4. The van der Waals surface area contributed by atoms with Gasteiger partial charge in [0.1, 0.15) is 5.75 Å². The normalized spacial score (nSPS) is 13.5. The van der Waals surface area contributed by atoms with E-state index in [1.165, 1.54) is 59.0 Å². The molecule has 1 fully saturated rings. The summed E-state index contributed by atoms with van der Waals surface area (Å²) in [7, 11) is 1.49. The van der Waals surface area contributed by atoms with E-state index in [0.717, 1.165) is 30.6 Å². The number of ether oxygens (including phenoxy) is 3. The summed E-state index contributed by atoms with van der Waals surface area (Å²) in [6.45, 7) is 5.25. The lowest BCUT2D eigenvalue weighted by atomic mass is 10.0. The number of rotatable bonds is 18. The molecule has 1 aliphatic rings. The summed E-state index contributed by atoms with van der Waals surface area (Å²) >= 11 is 0. The Morgan fingerprint density at radius 3 is 2.22 bits per heavy atom. The van der Waals surface area contributed by atoms with Crippen molar-refractivity contribution in [2.75, 3.05) is 25.6 Å². The molecule has 0 aliphatic heterocycles. The third kappa shape index (κ3) is 10.6. The summed E-state index contributed by atoms with van der Waals surface area (Å²) in [6.07, 6.45) is 11.2. The number of hydrogen-bond donors (Lipinski definition) is 2. The van der Waals surface area contributed by atoms with E-state index in [9.17, 15) is 14.4 Å². The smallest absolute Gasteiger partial charge is 0.343 e. The molecule has 246 valence electrons. The third-order valence-electron chi connectivity index (χ3n) is 8.49. The second kappa shape index (κ2) is 18.0. The summed E-state index contributed by atoms with van der Waals surface area (Å²) in [5, 5.41) is 6.33. The third-order valence-corrected chi connectivity index (χ3v) is 8.49. The molecular weight excluding hydrogens is 580 g/mol. The van der Waals surface area contributed by atoms with Gasteiger partial charge in [0.2, 0.25) is 0 Å². The molecule has 2 N–H and O–H groups in total. The van der Waals surface area contributed by atoms with Crippen molar-refractivity contribution in [2.45, 2.75) is 84.1 Å². The van der Waals surface area contributed by atoms with Crippen LogP contribution in [0.25, 0.3) is 0 Å². The zero-order valence-corrected chi connectivity index (χ0v) is 27.4. The maximum Gasteiger partial charge on any atom is 0.343 e. The quantitative estimate of drug-likeness (QED) is 0.0842. The zero-order valence-electron chi connectivity index (χ0n) is 27.4. The Bertz CT molecular complexity index is 1410. The fourth-order valence-corrected chi connectivity index (χ4v) is 5.65. The van der Waals surface area contributed by atoms with Crippen LogP contribution in [0.2, 0.25) is 0 Å². The van der Waals surface area contributed by atoms with Crippen molar-refractivity contribution >= 4 is 23.3 Å². The van der Waals surface area contributed by atoms with Crippen molar-refractivity contribution in [3.63, 3.8) is 0 Å². The highest BCUT2D eigenvalue weighted by molar-refractivity contribution is 5.98. The highest BCUT2D eigenvalue weighted by atomic mass is 16.6. The van der Waals surface area contributed by atoms with Crippen LogP contribution in [-0.2, 0) is 11.2 Å². The SMILES string of the molecule is CCCCCCCOc1ccc(C(=O)Oc2ccc(CC(NC(=O)c3ccc(NCC4CCCC4)cc3)C(C)=O)cc2OC)cc1. The maximum absolute atomic E-state index is 13.0. The molecule has 1 amide bonds. The number of nitrogens with one attached hydrogen (secondary N) is 2. The van der Waals surface area contributed by atoms with E-state index in [1.807, 2.05) is 12.1 Å². The Balaban J connectivity index is 1.30. The van der Waals surface area contributed by atoms with E-state index < -0.39 is 12.0 Å². The minimum Gasteiger partial charge on any atom is -0.494 e. The average molecular weight is 629 g/mol. The Labute approximate surface area is 273 Å². The lowest BCUT2D eigenvalue weighted by Crippen LogP contribution is -2.41. The topological polar surface area (TPSA) is 103 Å². The molecule has 4 rings (SSSR count). The number of benzene rings is 3. The van der Waals surface area contributed by atoms with Crippen LogP contribution in [0, 0.1) is 5.92 Å². The first-order valence-corrected chi connectivity index (χ1v) is 16.6. The van der Waals surface area contributed by atoms with Crippen LogP contribution in [-0.4, -0.2) is 44.0 Å². The molecule has 0 radical (unpaired) electrons. The van der Waals surface area contributed by atoms with E-state index >= 15 is 0 Å². The number of esters is 1. The van der Waals surface area contributed by atoms with Gasteiger partial charge in [-0.3, -0.25) is 9.59 Å². The van der Waals surface area contributed by atoms with Crippen LogP contribution in [0.4, 0.5) is 5.69 Å². The molecule has 1 atom stereocenters. The monoisotopic (exact) mass is 628 g/mol.